The molecule has 0 aliphatic rings. The molecule has 0 unspecified atom stereocenters. The Labute approximate surface area is 159 Å². The number of aromatic nitrogens is 2. The van der Waals surface area contributed by atoms with E-state index < -0.39 is 0 Å². The maximum atomic E-state index is 12.4. The van der Waals surface area contributed by atoms with Crippen molar-refractivity contribution in [2.45, 2.75) is 13.5 Å². The summed E-state index contributed by atoms with van der Waals surface area (Å²) in [7, 11) is 3.98. The molecule has 3 aromatic rings. The van der Waals surface area contributed by atoms with Crippen molar-refractivity contribution in [1.29, 1.82) is 0 Å². The first-order valence-electron chi connectivity index (χ1n) is 8.73. The van der Waals surface area contributed by atoms with Crippen LogP contribution < -0.4 is 15.5 Å². The lowest BCUT2D eigenvalue weighted by atomic mass is 10.1. The molecular formula is C21H23N5O. The number of hydrogen-bond acceptors (Lipinski definition) is 5. The predicted octanol–water partition coefficient (Wildman–Crippen LogP) is 3.52. The molecule has 138 valence electrons. The van der Waals surface area contributed by atoms with E-state index in [9.17, 15) is 4.79 Å². The summed E-state index contributed by atoms with van der Waals surface area (Å²) in [5.41, 5.74) is 4.51. The third-order valence-electron chi connectivity index (χ3n) is 4.23. The number of anilines is 3. The smallest absolute Gasteiger partial charge is 0.270 e. The highest BCUT2D eigenvalue weighted by molar-refractivity contribution is 5.92. The minimum atomic E-state index is -0.230. The van der Waals surface area contributed by atoms with E-state index in [-0.39, 0.29) is 5.91 Å². The van der Waals surface area contributed by atoms with Crippen LogP contribution in [0.15, 0.2) is 60.8 Å². The molecule has 0 saturated heterocycles. The van der Waals surface area contributed by atoms with Gasteiger partial charge in [-0.2, -0.15) is 0 Å². The van der Waals surface area contributed by atoms with Gasteiger partial charge in [-0.3, -0.25) is 4.79 Å². The van der Waals surface area contributed by atoms with E-state index in [4.69, 9.17) is 0 Å². The molecule has 3 rings (SSSR count). The van der Waals surface area contributed by atoms with Gasteiger partial charge < -0.3 is 15.5 Å². The predicted molar refractivity (Wildman–Crippen MR) is 108 cm³/mol. The molecule has 0 fully saturated rings. The van der Waals surface area contributed by atoms with Crippen LogP contribution >= 0.6 is 0 Å². The van der Waals surface area contributed by atoms with Gasteiger partial charge in [-0.25, -0.2) is 9.97 Å². The standard InChI is InChI=1S/C21H23N5O/c1-15-6-4-5-7-16(15)14-23-20(27)19-12-13-22-21(25-19)24-17-8-10-18(11-9-17)26(2)3/h4-13H,14H2,1-3H3,(H,23,27)(H,22,24,25). The highest BCUT2D eigenvalue weighted by Gasteiger charge is 2.09. The van der Waals surface area contributed by atoms with Gasteiger partial charge >= 0.3 is 0 Å². The molecule has 6 nitrogen and oxygen atoms in total. The molecule has 0 aliphatic carbocycles. The van der Waals surface area contributed by atoms with E-state index in [2.05, 4.69) is 20.6 Å². The minimum absolute atomic E-state index is 0.230. The van der Waals surface area contributed by atoms with Crippen LogP contribution in [0.1, 0.15) is 21.6 Å². The molecule has 6 heteroatoms. The zero-order valence-electron chi connectivity index (χ0n) is 15.7. The van der Waals surface area contributed by atoms with Gasteiger partial charge in [0.25, 0.3) is 5.91 Å². The SMILES string of the molecule is Cc1ccccc1CNC(=O)c1ccnc(Nc2ccc(N(C)C)cc2)n1. The van der Waals surface area contributed by atoms with Crippen LogP contribution in [0, 0.1) is 6.92 Å². The number of benzene rings is 2. The van der Waals surface area contributed by atoms with Crippen molar-refractivity contribution in [3.63, 3.8) is 0 Å². The van der Waals surface area contributed by atoms with Gasteiger partial charge in [-0.05, 0) is 48.4 Å². The summed E-state index contributed by atoms with van der Waals surface area (Å²) >= 11 is 0. The Morgan fingerprint density at radius 1 is 1.04 bits per heavy atom. The first-order valence-corrected chi connectivity index (χ1v) is 8.73. The van der Waals surface area contributed by atoms with Crippen molar-refractivity contribution in [1.82, 2.24) is 15.3 Å². The quantitative estimate of drug-likeness (QED) is 0.703. The number of aryl methyl sites for hydroxylation is 1. The fourth-order valence-electron chi connectivity index (χ4n) is 2.59. The lowest BCUT2D eigenvalue weighted by Crippen LogP contribution is -2.24. The van der Waals surface area contributed by atoms with Crippen LogP contribution in [0.3, 0.4) is 0 Å². The number of carbonyl (C=O) groups excluding carboxylic acids is 1. The molecule has 2 aromatic carbocycles. The molecule has 0 spiro atoms. The zero-order chi connectivity index (χ0) is 19.2. The first-order chi connectivity index (χ1) is 13.0. The van der Waals surface area contributed by atoms with E-state index in [1.165, 1.54) is 0 Å². The van der Waals surface area contributed by atoms with Crippen LogP contribution in [-0.2, 0) is 6.54 Å². The average Bonchev–Trinajstić information content (AvgIpc) is 2.68. The molecule has 0 bridgehead atoms. The second-order valence-electron chi connectivity index (χ2n) is 6.44. The van der Waals surface area contributed by atoms with Crippen LogP contribution in [0.4, 0.5) is 17.3 Å². The molecular weight excluding hydrogens is 338 g/mol. The fourth-order valence-corrected chi connectivity index (χ4v) is 2.59. The molecule has 2 N–H and O–H groups in total. The van der Waals surface area contributed by atoms with Gasteiger partial charge in [-0.1, -0.05) is 24.3 Å². The van der Waals surface area contributed by atoms with Crippen LogP contribution in [0.25, 0.3) is 0 Å². The first kappa shape index (κ1) is 18.4. The Kier molecular flexibility index (Phi) is 5.66. The molecule has 1 amide bonds. The molecule has 0 atom stereocenters. The topological polar surface area (TPSA) is 70.2 Å². The Balaban J connectivity index is 1.65. The van der Waals surface area contributed by atoms with Crippen molar-refractivity contribution in [3.05, 3.63) is 77.6 Å². The van der Waals surface area contributed by atoms with Crippen LogP contribution in [0.2, 0.25) is 0 Å². The summed E-state index contributed by atoms with van der Waals surface area (Å²) in [6.45, 7) is 2.49. The van der Waals surface area contributed by atoms with E-state index in [1.54, 1.807) is 12.3 Å². The summed E-state index contributed by atoms with van der Waals surface area (Å²) in [4.78, 5) is 23.0. The average molecular weight is 361 g/mol. The Hall–Kier alpha value is -3.41. The summed E-state index contributed by atoms with van der Waals surface area (Å²) in [6, 6.07) is 17.5. The summed E-state index contributed by atoms with van der Waals surface area (Å²) in [5.74, 6) is 0.155. The zero-order valence-corrected chi connectivity index (χ0v) is 15.7. The normalized spacial score (nSPS) is 10.3. The van der Waals surface area contributed by atoms with Crippen LogP contribution in [-0.4, -0.2) is 30.0 Å². The molecule has 0 saturated carbocycles. The summed E-state index contributed by atoms with van der Waals surface area (Å²) in [5, 5.41) is 6.03. The summed E-state index contributed by atoms with van der Waals surface area (Å²) < 4.78 is 0. The van der Waals surface area contributed by atoms with Crippen molar-refractivity contribution in [2.75, 3.05) is 24.3 Å². The number of nitrogens with zero attached hydrogens (tertiary/aromatic N) is 3. The van der Waals surface area contributed by atoms with Crippen molar-refractivity contribution in [2.24, 2.45) is 0 Å². The largest absolute Gasteiger partial charge is 0.378 e. The second kappa shape index (κ2) is 8.31. The molecule has 1 heterocycles. The Bertz CT molecular complexity index is 922. The minimum Gasteiger partial charge on any atom is -0.378 e. The lowest BCUT2D eigenvalue weighted by Gasteiger charge is -2.13. The highest BCUT2D eigenvalue weighted by atomic mass is 16.1. The molecule has 0 radical (unpaired) electrons. The summed E-state index contributed by atoms with van der Waals surface area (Å²) in [6.07, 6.45) is 1.58. The third-order valence-corrected chi connectivity index (χ3v) is 4.23. The van der Waals surface area contributed by atoms with Gasteiger partial charge in [0.2, 0.25) is 5.95 Å². The molecule has 0 aliphatic heterocycles. The van der Waals surface area contributed by atoms with Gasteiger partial charge in [-0.15, -0.1) is 0 Å². The van der Waals surface area contributed by atoms with E-state index in [0.717, 1.165) is 22.5 Å². The van der Waals surface area contributed by atoms with Gasteiger partial charge in [0.05, 0.1) is 0 Å². The maximum absolute atomic E-state index is 12.4. The molecule has 27 heavy (non-hydrogen) atoms. The van der Waals surface area contributed by atoms with E-state index in [1.807, 2.05) is 74.4 Å². The number of nitrogens with one attached hydrogen (secondary N) is 2. The maximum Gasteiger partial charge on any atom is 0.270 e. The van der Waals surface area contributed by atoms with Crippen LogP contribution in [0.5, 0.6) is 0 Å². The monoisotopic (exact) mass is 361 g/mol. The lowest BCUT2D eigenvalue weighted by molar-refractivity contribution is 0.0946. The van der Waals surface area contributed by atoms with Gasteiger partial charge in [0.15, 0.2) is 0 Å². The van der Waals surface area contributed by atoms with E-state index >= 15 is 0 Å². The van der Waals surface area contributed by atoms with Crippen molar-refractivity contribution < 1.29 is 4.79 Å². The second-order valence-corrected chi connectivity index (χ2v) is 6.44. The molecule has 1 aromatic heterocycles. The number of hydrogen-bond donors (Lipinski definition) is 2. The highest BCUT2D eigenvalue weighted by Crippen LogP contribution is 2.18. The van der Waals surface area contributed by atoms with Gasteiger partial charge in [0.1, 0.15) is 5.69 Å². The Morgan fingerprint density at radius 3 is 2.48 bits per heavy atom. The number of rotatable bonds is 6. The number of amides is 1. The van der Waals surface area contributed by atoms with Gasteiger partial charge in [0, 0.05) is 38.2 Å². The van der Waals surface area contributed by atoms with Crippen molar-refractivity contribution >= 4 is 23.2 Å². The third kappa shape index (κ3) is 4.82. The van der Waals surface area contributed by atoms with E-state index in [0.29, 0.717) is 18.2 Å². The number of carbonyl (C=O) groups is 1. The van der Waals surface area contributed by atoms with Crippen molar-refractivity contribution in [3.8, 4) is 0 Å². The Morgan fingerprint density at radius 2 is 1.78 bits per heavy atom. The fraction of sp³-hybridized carbons (Fsp3) is 0.190.